The highest BCUT2D eigenvalue weighted by Crippen LogP contribution is 2.35. The first kappa shape index (κ1) is 14.8. The maximum absolute atomic E-state index is 12.2. The maximum Gasteiger partial charge on any atom is 0.419 e. The molecule has 0 N–H and O–H groups in total. The maximum atomic E-state index is 12.2. The molecule has 1 heterocycles. The molecule has 0 aliphatic rings. The molecule has 0 saturated carbocycles. The molecule has 0 unspecified atom stereocenters. The predicted octanol–water partition coefficient (Wildman–Crippen LogP) is 3.34. The number of carbonyl (C=O) groups excluding carboxylic acids is 1. The molecule has 2 aromatic rings. The minimum Gasteiger partial charge on any atom is -0.489 e. The van der Waals surface area contributed by atoms with E-state index in [0.29, 0.717) is 10.9 Å². The summed E-state index contributed by atoms with van der Waals surface area (Å²) in [4.78, 5) is 22.7. The van der Waals surface area contributed by atoms with Crippen LogP contribution in [0.2, 0.25) is 0 Å². The van der Waals surface area contributed by atoms with E-state index >= 15 is 0 Å². The molecule has 0 atom stereocenters. The van der Waals surface area contributed by atoms with Crippen molar-refractivity contribution >= 4 is 22.7 Å². The van der Waals surface area contributed by atoms with Crippen LogP contribution in [0, 0.1) is 10.1 Å². The number of hydrogen-bond acceptors (Lipinski definition) is 5. The van der Waals surface area contributed by atoms with Crippen LogP contribution in [-0.2, 0) is 4.74 Å². The van der Waals surface area contributed by atoms with Gasteiger partial charge in [0.25, 0.3) is 0 Å². The van der Waals surface area contributed by atoms with Crippen LogP contribution in [0.1, 0.15) is 20.8 Å². The van der Waals surface area contributed by atoms with Crippen LogP contribution in [-0.4, -0.2) is 28.3 Å². The van der Waals surface area contributed by atoms with E-state index in [1.54, 1.807) is 32.9 Å². The van der Waals surface area contributed by atoms with Crippen molar-refractivity contribution in [3.8, 4) is 5.75 Å². The first-order valence-electron chi connectivity index (χ1n) is 6.30. The summed E-state index contributed by atoms with van der Waals surface area (Å²) in [5.74, 6) is 0.0355. The zero-order chi connectivity index (χ0) is 15.8. The second-order valence-electron chi connectivity index (χ2n) is 5.48. The fraction of sp³-hybridized carbons (Fsp3) is 0.357. The predicted molar refractivity (Wildman–Crippen MR) is 76.8 cm³/mol. The average molecular weight is 292 g/mol. The zero-order valence-corrected chi connectivity index (χ0v) is 12.2. The van der Waals surface area contributed by atoms with E-state index in [1.165, 1.54) is 23.9 Å². The highest BCUT2D eigenvalue weighted by molar-refractivity contribution is 5.96. The minimum atomic E-state index is -0.665. The van der Waals surface area contributed by atoms with Crippen molar-refractivity contribution in [2.24, 2.45) is 0 Å². The van der Waals surface area contributed by atoms with Crippen molar-refractivity contribution in [2.75, 3.05) is 7.11 Å². The molecule has 0 aliphatic carbocycles. The smallest absolute Gasteiger partial charge is 0.419 e. The summed E-state index contributed by atoms with van der Waals surface area (Å²) in [6.07, 6.45) is 0.890. The number of fused-ring (bicyclic) bond motifs is 1. The molecule has 0 amide bonds. The second-order valence-corrected chi connectivity index (χ2v) is 5.48. The van der Waals surface area contributed by atoms with Crippen LogP contribution in [0.25, 0.3) is 10.9 Å². The normalized spacial score (nSPS) is 11.4. The van der Waals surface area contributed by atoms with Crippen LogP contribution in [0.3, 0.4) is 0 Å². The Morgan fingerprint density at radius 1 is 1.29 bits per heavy atom. The van der Waals surface area contributed by atoms with Crippen LogP contribution in [0.5, 0.6) is 5.75 Å². The Hall–Kier alpha value is -2.57. The summed E-state index contributed by atoms with van der Waals surface area (Å²) >= 11 is 0. The molecule has 0 fully saturated rings. The second kappa shape index (κ2) is 5.08. The number of hydrogen-bond donors (Lipinski definition) is 0. The Kier molecular flexibility index (Phi) is 3.59. The van der Waals surface area contributed by atoms with Crippen LogP contribution in [0.15, 0.2) is 24.4 Å². The number of benzene rings is 1. The molecule has 1 aromatic carbocycles. The molecule has 0 radical (unpaired) electrons. The van der Waals surface area contributed by atoms with E-state index in [-0.39, 0.29) is 11.4 Å². The van der Waals surface area contributed by atoms with Gasteiger partial charge in [-0.1, -0.05) is 0 Å². The van der Waals surface area contributed by atoms with Gasteiger partial charge in [0.1, 0.15) is 11.1 Å². The van der Waals surface area contributed by atoms with Crippen molar-refractivity contribution in [3.63, 3.8) is 0 Å². The standard InChI is InChI=1S/C14H16N2O5/c1-14(2,3)21-13(17)15-8-7-9-5-6-10(16(18)19)12(20-4)11(9)15/h5-8H,1-4H3. The quantitative estimate of drug-likeness (QED) is 0.626. The third-order valence-electron chi connectivity index (χ3n) is 2.78. The van der Waals surface area contributed by atoms with E-state index in [4.69, 9.17) is 9.47 Å². The van der Waals surface area contributed by atoms with Crippen LogP contribution >= 0.6 is 0 Å². The lowest BCUT2D eigenvalue weighted by molar-refractivity contribution is -0.385. The molecule has 7 nitrogen and oxygen atoms in total. The van der Waals surface area contributed by atoms with E-state index in [1.807, 2.05) is 0 Å². The molecule has 21 heavy (non-hydrogen) atoms. The van der Waals surface area contributed by atoms with Crippen LogP contribution < -0.4 is 4.74 Å². The first-order valence-corrected chi connectivity index (χ1v) is 6.30. The van der Waals surface area contributed by atoms with E-state index < -0.39 is 16.6 Å². The molecule has 0 bridgehead atoms. The van der Waals surface area contributed by atoms with E-state index in [2.05, 4.69) is 0 Å². The summed E-state index contributed by atoms with van der Waals surface area (Å²) in [5, 5.41) is 11.7. The monoisotopic (exact) mass is 292 g/mol. The van der Waals surface area contributed by atoms with Gasteiger partial charge in [0, 0.05) is 17.6 Å². The molecule has 7 heteroatoms. The number of aromatic nitrogens is 1. The zero-order valence-electron chi connectivity index (χ0n) is 12.2. The van der Waals surface area contributed by atoms with E-state index in [9.17, 15) is 14.9 Å². The topological polar surface area (TPSA) is 83.6 Å². The van der Waals surface area contributed by atoms with E-state index in [0.717, 1.165) is 0 Å². The first-order chi connectivity index (χ1) is 9.74. The SMILES string of the molecule is COc1c([N+](=O)[O-])ccc2ccn(C(=O)OC(C)(C)C)c12. The number of nitrogens with zero attached hydrogens (tertiary/aromatic N) is 2. The summed E-state index contributed by atoms with van der Waals surface area (Å²) in [5.41, 5.74) is -0.545. The fourth-order valence-corrected chi connectivity index (χ4v) is 2.00. The molecule has 0 aliphatic heterocycles. The van der Waals surface area contributed by atoms with Gasteiger partial charge in [-0.05, 0) is 32.9 Å². The van der Waals surface area contributed by atoms with Crippen molar-refractivity contribution in [2.45, 2.75) is 26.4 Å². The van der Waals surface area contributed by atoms with Crippen molar-refractivity contribution in [3.05, 3.63) is 34.5 Å². The van der Waals surface area contributed by atoms with Gasteiger partial charge in [-0.3, -0.25) is 10.1 Å². The largest absolute Gasteiger partial charge is 0.489 e. The molecule has 0 saturated heterocycles. The van der Waals surface area contributed by atoms with Gasteiger partial charge < -0.3 is 9.47 Å². The molecule has 112 valence electrons. The number of methoxy groups -OCH3 is 1. The Labute approximate surface area is 121 Å². The third-order valence-corrected chi connectivity index (χ3v) is 2.78. The minimum absolute atomic E-state index is 0.0355. The fourth-order valence-electron chi connectivity index (χ4n) is 2.00. The van der Waals surface area contributed by atoms with Gasteiger partial charge in [-0.25, -0.2) is 9.36 Å². The van der Waals surface area contributed by atoms with Gasteiger partial charge in [0.2, 0.25) is 5.75 Å². The van der Waals surface area contributed by atoms with Gasteiger partial charge in [-0.2, -0.15) is 0 Å². The summed E-state index contributed by atoms with van der Waals surface area (Å²) < 4.78 is 11.6. The Morgan fingerprint density at radius 3 is 2.48 bits per heavy atom. The Morgan fingerprint density at radius 2 is 1.95 bits per heavy atom. The average Bonchev–Trinajstić information content (AvgIpc) is 2.79. The van der Waals surface area contributed by atoms with Gasteiger partial charge in [0.05, 0.1) is 12.0 Å². The van der Waals surface area contributed by atoms with Gasteiger partial charge in [0.15, 0.2) is 0 Å². The lowest BCUT2D eigenvalue weighted by Gasteiger charge is -2.20. The molecular weight excluding hydrogens is 276 g/mol. The summed E-state index contributed by atoms with van der Waals surface area (Å²) in [6, 6.07) is 4.59. The summed E-state index contributed by atoms with van der Waals surface area (Å²) in [6.45, 7) is 5.24. The lowest BCUT2D eigenvalue weighted by Crippen LogP contribution is -2.26. The van der Waals surface area contributed by atoms with Crippen molar-refractivity contribution in [1.29, 1.82) is 0 Å². The molecule has 2 rings (SSSR count). The summed E-state index contributed by atoms with van der Waals surface area (Å²) in [7, 11) is 1.33. The number of nitro benzene ring substituents is 1. The Balaban J connectivity index is 2.63. The Bertz CT molecular complexity index is 712. The highest BCUT2D eigenvalue weighted by Gasteiger charge is 2.25. The number of carbonyl (C=O) groups is 1. The van der Waals surface area contributed by atoms with Crippen LogP contribution in [0.4, 0.5) is 10.5 Å². The molecule has 1 aromatic heterocycles. The van der Waals surface area contributed by atoms with Crippen molar-refractivity contribution in [1.82, 2.24) is 4.57 Å². The number of rotatable bonds is 2. The molecular formula is C14H16N2O5. The number of ether oxygens (including phenoxy) is 2. The third kappa shape index (κ3) is 2.81. The van der Waals surface area contributed by atoms with Crippen molar-refractivity contribution < 1.29 is 19.2 Å². The van der Waals surface area contributed by atoms with Gasteiger partial charge >= 0.3 is 11.8 Å². The highest BCUT2D eigenvalue weighted by atomic mass is 16.6. The number of nitro groups is 1. The lowest BCUT2D eigenvalue weighted by atomic mass is 10.2. The van der Waals surface area contributed by atoms with Gasteiger partial charge in [-0.15, -0.1) is 0 Å². The molecule has 0 spiro atoms.